The van der Waals surface area contributed by atoms with Crippen LogP contribution in [0.15, 0.2) is 146 Å². The molecule has 0 aromatic rings. The van der Waals surface area contributed by atoms with Crippen molar-refractivity contribution in [2.45, 2.75) is 219 Å². The van der Waals surface area contributed by atoms with Gasteiger partial charge in [0.2, 0.25) is 0 Å². The van der Waals surface area contributed by atoms with Crippen molar-refractivity contribution in [2.24, 2.45) is 0 Å². The van der Waals surface area contributed by atoms with Crippen molar-refractivity contribution >= 4 is 17.9 Å². The lowest BCUT2D eigenvalue weighted by atomic mass is 10.1. The van der Waals surface area contributed by atoms with E-state index >= 15 is 0 Å². The molecule has 0 saturated carbocycles. The van der Waals surface area contributed by atoms with Crippen molar-refractivity contribution in [1.29, 1.82) is 0 Å². The number of hydrogen-bond donors (Lipinski definition) is 0. The second-order valence-electron chi connectivity index (χ2n) is 17.4. The predicted octanol–water partition coefficient (Wildman–Crippen LogP) is 18.4. The molecule has 0 aliphatic heterocycles. The number of allylic oxidation sites excluding steroid dienone is 24. The summed E-state index contributed by atoms with van der Waals surface area (Å²) in [5.41, 5.74) is 0. The molecule has 386 valence electrons. The molecule has 1 unspecified atom stereocenters. The lowest BCUT2D eigenvalue weighted by Crippen LogP contribution is -2.30. The lowest BCUT2D eigenvalue weighted by molar-refractivity contribution is -0.166. The third kappa shape index (κ3) is 54.1. The summed E-state index contributed by atoms with van der Waals surface area (Å²) in [6, 6.07) is 0. The average Bonchev–Trinajstić information content (AvgIpc) is 3.35. The van der Waals surface area contributed by atoms with Gasteiger partial charge in [-0.1, -0.05) is 212 Å². The number of hydrogen-bond acceptors (Lipinski definition) is 6. The Hall–Kier alpha value is -4.71. The third-order valence-electron chi connectivity index (χ3n) is 10.8. The molecule has 69 heavy (non-hydrogen) atoms. The zero-order chi connectivity index (χ0) is 50.0. The number of rotatable bonds is 47. The minimum Gasteiger partial charge on any atom is -0.462 e. The Kier molecular flexibility index (Phi) is 52.1. The summed E-state index contributed by atoms with van der Waals surface area (Å²) >= 11 is 0. The molecule has 0 aliphatic carbocycles. The minimum atomic E-state index is -0.836. The van der Waals surface area contributed by atoms with Crippen LogP contribution in [-0.4, -0.2) is 37.2 Å². The van der Waals surface area contributed by atoms with E-state index in [1.54, 1.807) is 0 Å². The third-order valence-corrected chi connectivity index (χ3v) is 10.8. The number of esters is 3. The van der Waals surface area contributed by atoms with Gasteiger partial charge in [-0.15, -0.1) is 0 Å². The normalized spacial score (nSPS) is 13.3. The second-order valence-corrected chi connectivity index (χ2v) is 17.4. The monoisotopic (exact) mass is 951 g/mol. The molecular formula is C63H98O6. The van der Waals surface area contributed by atoms with Crippen LogP contribution < -0.4 is 0 Å². The van der Waals surface area contributed by atoms with Crippen molar-refractivity contribution in [3.63, 3.8) is 0 Å². The maximum absolute atomic E-state index is 12.8. The average molecular weight is 951 g/mol. The second kappa shape index (κ2) is 55.9. The summed E-state index contributed by atoms with van der Waals surface area (Å²) in [6.07, 6.45) is 79.8. The first kappa shape index (κ1) is 64.3. The van der Waals surface area contributed by atoms with Crippen molar-refractivity contribution in [3.05, 3.63) is 146 Å². The number of carbonyl (C=O) groups excluding carboxylic acids is 3. The molecule has 0 heterocycles. The highest BCUT2D eigenvalue weighted by Gasteiger charge is 2.19. The van der Waals surface area contributed by atoms with Crippen LogP contribution in [0.1, 0.15) is 213 Å². The van der Waals surface area contributed by atoms with Gasteiger partial charge in [0, 0.05) is 19.3 Å². The number of carbonyl (C=O) groups is 3. The topological polar surface area (TPSA) is 78.9 Å². The van der Waals surface area contributed by atoms with Crippen LogP contribution in [0.5, 0.6) is 0 Å². The fourth-order valence-corrected chi connectivity index (χ4v) is 6.78. The molecule has 0 bridgehead atoms. The maximum Gasteiger partial charge on any atom is 0.306 e. The highest BCUT2D eigenvalue weighted by atomic mass is 16.6. The number of unbranched alkanes of at least 4 members (excludes halogenated alkanes) is 12. The summed E-state index contributed by atoms with van der Waals surface area (Å²) in [5, 5.41) is 0. The molecule has 0 radical (unpaired) electrons. The Morgan fingerprint density at radius 3 is 1.00 bits per heavy atom. The van der Waals surface area contributed by atoms with E-state index in [2.05, 4.69) is 154 Å². The highest BCUT2D eigenvalue weighted by molar-refractivity contribution is 5.71. The van der Waals surface area contributed by atoms with Crippen LogP contribution in [-0.2, 0) is 28.6 Å². The van der Waals surface area contributed by atoms with Gasteiger partial charge in [-0.25, -0.2) is 0 Å². The van der Waals surface area contributed by atoms with E-state index in [-0.39, 0.29) is 44.0 Å². The van der Waals surface area contributed by atoms with Crippen molar-refractivity contribution in [3.8, 4) is 0 Å². The molecule has 0 fully saturated rings. The van der Waals surface area contributed by atoms with Crippen molar-refractivity contribution in [2.75, 3.05) is 13.2 Å². The molecule has 0 saturated heterocycles. The Labute approximate surface area is 423 Å². The van der Waals surface area contributed by atoms with Crippen LogP contribution in [0.25, 0.3) is 0 Å². The van der Waals surface area contributed by atoms with E-state index in [9.17, 15) is 14.4 Å². The van der Waals surface area contributed by atoms with Gasteiger partial charge in [0.15, 0.2) is 6.10 Å². The van der Waals surface area contributed by atoms with Gasteiger partial charge in [-0.3, -0.25) is 14.4 Å². The maximum atomic E-state index is 12.8. The lowest BCUT2D eigenvalue weighted by Gasteiger charge is -2.18. The first-order valence-electron chi connectivity index (χ1n) is 27.3. The van der Waals surface area contributed by atoms with Crippen LogP contribution in [0, 0.1) is 0 Å². The summed E-state index contributed by atoms with van der Waals surface area (Å²) in [5.74, 6) is -1.06. The molecule has 6 heteroatoms. The standard InChI is InChI=1S/C63H98O6/c1-4-7-10-13-16-19-22-25-27-29-31-33-35-38-41-44-47-50-53-56-62(65)68-59-60(58-67-61(64)55-52-49-46-43-40-37-24-21-18-15-12-9-6-3)69-63(66)57-54-51-48-45-42-39-36-34-32-30-28-26-23-20-17-14-11-8-5-2/h7-8,10-11,16-17,19-21,24-28,31-34,38-39,41-42,47,50,60H,4-6,9,12-15,18,22-23,29-30,35-37,40,43-46,48-49,51-59H2,1-3H3/b10-7-,11-8-,19-16-,20-17-,24-21-,27-25-,28-26-,33-31-,34-32-,41-38-,42-39-,50-47-. The van der Waals surface area contributed by atoms with Crippen LogP contribution in [0.4, 0.5) is 0 Å². The minimum absolute atomic E-state index is 0.125. The van der Waals surface area contributed by atoms with Crippen LogP contribution in [0.2, 0.25) is 0 Å². The molecular weight excluding hydrogens is 853 g/mol. The first-order valence-corrected chi connectivity index (χ1v) is 27.3. The van der Waals surface area contributed by atoms with E-state index in [1.807, 2.05) is 12.2 Å². The Morgan fingerprint density at radius 2 is 0.594 bits per heavy atom. The summed E-state index contributed by atoms with van der Waals surface area (Å²) < 4.78 is 16.7. The zero-order valence-corrected chi connectivity index (χ0v) is 44.0. The quantitative estimate of drug-likeness (QED) is 0.0262. The molecule has 0 aromatic carbocycles. The summed E-state index contributed by atoms with van der Waals surface area (Å²) in [4.78, 5) is 38.1. The SMILES string of the molecule is CC/C=C\C/C=C\C/C=C\C/C=C\C/C=C\C/C=C\CCC(=O)OCC(COC(=O)CCCCCCC/C=C\CCCCCC)OC(=O)CCCCC/C=C\C/C=C\C/C=C\C/C=C\C/C=C\CC. The van der Waals surface area contributed by atoms with Gasteiger partial charge in [-0.2, -0.15) is 0 Å². The van der Waals surface area contributed by atoms with Gasteiger partial charge in [-0.05, 0) is 128 Å². The van der Waals surface area contributed by atoms with Crippen LogP contribution in [0.3, 0.4) is 0 Å². The Morgan fingerprint density at radius 1 is 0.304 bits per heavy atom. The van der Waals surface area contributed by atoms with Gasteiger partial charge in [0.25, 0.3) is 0 Å². The highest BCUT2D eigenvalue weighted by Crippen LogP contribution is 2.12. The smallest absolute Gasteiger partial charge is 0.306 e. The van der Waals surface area contributed by atoms with E-state index in [1.165, 1.54) is 38.5 Å². The van der Waals surface area contributed by atoms with E-state index in [4.69, 9.17) is 14.2 Å². The van der Waals surface area contributed by atoms with Crippen molar-refractivity contribution in [1.82, 2.24) is 0 Å². The molecule has 6 nitrogen and oxygen atoms in total. The Bertz CT molecular complexity index is 1560. The van der Waals surface area contributed by atoms with E-state index in [0.29, 0.717) is 19.3 Å². The van der Waals surface area contributed by atoms with E-state index in [0.717, 1.165) is 122 Å². The molecule has 0 aromatic heterocycles. The van der Waals surface area contributed by atoms with E-state index < -0.39 is 6.10 Å². The molecule has 0 spiro atoms. The summed E-state index contributed by atoms with van der Waals surface area (Å²) in [7, 11) is 0. The van der Waals surface area contributed by atoms with Gasteiger partial charge in [0.05, 0.1) is 0 Å². The van der Waals surface area contributed by atoms with Crippen molar-refractivity contribution < 1.29 is 28.6 Å². The summed E-state index contributed by atoms with van der Waals surface area (Å²) in [6.45, 7) is 6.27. The van der Waals surface area contributed by atoms with Crippen LogP contribution >= 0.6 is 0 Å². The molecule has 0 rings (SSSR count). The van der Waals surface area contributed by atoms with Gasteiger partial charge < -0.3 is 14.2 Å². The molecule has 0 N–H and O–H groups in total. The fraction of sp³-hybridized carbons (Fsp3) is 0.571. The first-order chi connectivity index (χ1) is 34.0. The molecule has 1 atom stereocenters. The van der Waals surface area contributed by atoms with Gasteiger partial charge in [0.1, 0.15) is 13.2 Å². The molecule has 0 amide bonds. The largest absolute Gasteiger partial charge is 0.462 e. The zero-order valence-electron chi connectivity index (χ0n) is 44.0. The number of ether oxygens (including phenoxy) is 3. The Balaban J connectivity index is 4.60. The molecule has 0 aliphatic rings. The predicted molar refractivity (Wildman–Crippen MR) is 297 cm³/mol. The fourth-order valence-electron chi connectivity index (χ4n) is 6.78. The van der Waals surface area contributed by atoms with Gasteiger partial charge >= 0.3 is 17.9 Å².